The van der Waals surface area contributed by atoms with Gasteiger partial charge >= 0.3 is 0 Å². The average Bonchev–Trinajstić information content (AvgIpc) is 2.60. The summed E-state index contributed by atoms with van der Waals surface area (Å²) >= 11 is 3.56. The Labute approximate surface area is 117 Å². The number of halogens is 1. The molecule has 1 aromatic rings. The maximum absolute atomic E-state index is 5.71. The van der Waals surface area contributed by atoms with Crippen LogP contribution in [0, 0.1) is 0 Å². The molecule has 0 unspecified atom stereocenters. The average molecular weight is 314 g/mol. The Morgan fingerprint density at radius 3 is 2.94 bits per heavy atom. The predicted octanol–water partition coefficient (Wildman–Crippen LogP) is 3.50. The van der Waals surface area contributed by atoms with Crippen molar-refractivity contribution in [3.8, 4) is 11.5 Å². The molecule has 100 valence electrons. The lowest BCUT2D eigenvalue weighted by Gasteiger charge is -2.12. The van der Waals surface area contributed by atoms with E-state index in [1.54, 1.807) is 0 Å². The van der Waals surface area contributed by atoms with Gasteiger partial charge in [0, 0.05) is 13.0 Å². The van der Waals surface area contributed by atoms with Gasteiger partial charge in [0.15, 0.2) is 11.5 Å². The van der Waals surface area contributed by atoms with Gasteiger partial charge in [-0.3, -0.25) is 0 Å². The Hall–Kier alpha value is -0.740. The van der Waals surface area contributed by atoms with E-state index < -0.39 is 0 Å². The molecule has 0 saturated carbocycles. The van der Waals surface area contributed by atoms with Crippen LogP contribution in [0.3, 0.4) is 0 Å². The molecule has 0 spiro atoms. The molecule has 0 atom stereocenters. The highest BCUT2D eigenvalue weighted by atomic mass is 79.9. The molecule has 0 fully saturated rings. The smallest absolute Gasteiger partial charge is 0.175 e. The van der Waals surface area contributed by atoms with Crippen LogP contribution in [0.2, 0.25) is 0 Å². The third kappa shape index (κ3) is 3.62. The van der Waals surface area contributed by atoms with Crippen LogP contribution < -0.4 is 14.8 Å². The molecule has 1 aliphatic rings. The number of benzene rings is 1. The zero-order chi connectivity index (χ0) is 12.8. The van der Waals surface area contributed by atoms with E-state index in [1.807, 2.05) is 0 Å². The van der Waals surface area contributed by atoms with Crippen molar-refractivity contribution in [3.63, 3.8) is 0 Å². The molecule has 1 aromatic carbocycles. The summed E-state index contributed by atoms with van der Waals surface area (Å²) in [5.74, 6) is 1.69. The van der Waals surface area contributed by atoms with Crippen LogP contribution in [0.15, 0.2) is 16.6 Å². The molecular formula is C14H20BrNO2. The summed E-state index contributed by atoms with van der Waals surface area (Å²) in [7, 11) is 0. The van der Waals surface area contributed by atoms with Crippen molar-refractivity contribution in [3.05, 3.63) is 22.2 Å². The van der Waals surface area contributed by atoms with Gasteiger partial charge in [0.2, 0.25) is 0 Å². The Morgan fingerprint density at radius 1 is 1.28 bits per heavy atom. The van der Waals surface area contributed by atoms with Crippen LogP contribution in [-0.2, 0) is 6.54 Å². The number of fused-ring (bicyclic) bond motifs is 1. The van der Waals surface area contributed by atoms with E-state index in [0.717, 1.165) is 48.7 Å². The van der Waals surface area contributed by atoms with E-state index >= 15 is 0 Å². The predicted molar refractivity (Wildman–Crippen MR) is 76.4 cm³/mol. The van der Waals surface area contributed by atoms with Crippen molar-refractivity contribution in [2.45, 2.75) is 32.7 Å². The summed E-state index contributed by atoms with van der Waals surface area (Å²) in [6.07, 6.45) is 3.37. The monoisotopic (exact) mass is 313 g/mol. The van der Waals surface area contributed by atoms with Crippen molar-refractivity contribution in [1.82, 2.24) is 5.32 Å². The van der Waals surface area contributed by atoms with E-state index in [9.17, 15) is 0 Å². The first-order valence-corrected chi connectivity index (χ1v) is 7.39. The minimum Gasteiger partial charge on any atom is -0.490 e. The summed E-state index contributed by atoms with van der Waals surface area (Å²) in [5.41, 5.74) is 1.22. The normalized spacial score (nSPS) is 14.3. The van der Waals surface area contributed by atoms with E-state index in [2.05, 4.69) is 40.3 Å². The van der Waals surface area contributed by atoms with Crippen LogP contribution in [-0.4, -0.2) is 19.8 Å². The fourth-order valence-electron chi connectivity index (χ4n) is 1.92. The molecule has 0 saturated heterocycles. The Bertz CT molecular complexity index is 396. The van der Waals surface area contributed by atoms with Gasteiger partial charge in [-0.2, -0.15) is 0 Å². The molecule has 0 aromatic heterocycles. The van der Waals surface area contributed by atoms with E-state index in [4.69, 9.17) is 9.47 Å². The Morgan fingerprint density at radius 2 is 2.11 bits per heavy atom. The molecule has 1 heterocycles. The second-order valence-corrected chi connectivity index (χ2v) is 5.34. The number of rotatable bonds is 5. The van der Waals surface area contributed by atoms with Crippen LogP contribution in [0.25, 0.3) is 0 Å². The van der Waals surface area contributed by atoms with Crippen LogP contribution in [0.4, 0.5) is 0 Å². The third-order valence-corrected chi connectivity index (χ3v) is 3.49. The first kappa shape index (κ1) is 13.7. The highest BCUT2D eigenvalue weighted by Crippen LogP contribution is 2.38. The van der Waals surface area contributed by atoms with E-state index in [0.29, 0.717) is 0 Å². The van der Waals surface area contributed by atoms with E-state index in [1.165, 1.54) is 18.4 Å². The van der Waals surface area contributed by atoms with Crippen LogP contribution in [0.1, 0.15) is 31.7 Å². The molecular weight excluding hydrogens is 294 g/mol. The van der Waals surface area contributed by atoms with Crippen molar-refractivity contribution in [2.75, 3.05) is 19.8 Å². The van der Waals surface area contributed by atoms with Gasteiger partial charge in [0.25, 0.3) is 0 Å². The lowest BCUT2D eigenvalue weighted by molar-refractivity contribution is 0.296. The molecule has 4 heteroatoms. The minimum atomic E-state index is 0.722. The quantitative estimate of drug-likeness (QED) is 0.844. The van der Waals surface area contributed by atoms with E-state index in [-0.39, 0.29) is 0 Å². The zero-order valence-corrected chi connectivity index (χ0v) is 12.4. The minimum absolute atomic E-state index is 0.722. The molecule has 3 nitrogen and oxygen atoms in total. The van der Waals surface area contributed by atoms with Gasteiger partial charge in [-0.05, 0) is 46.6 Å². The molecule has 2 rings (SSSR count). The Balaban J connectivity index is 2.04. The van der Waals surface area contributed by atoms with Gasteiger partial charge < -0.3 is 14.8 Å². The van der Waals surface area contributed by atoms with Crippen molar-refractivity contribution < 1.29 is 9.47 Å². The van der Waals surface area contributed by atoms with Gasteiger partial charge in [0.05, 0.1) is 17.7 Å². The number of unbranched alkanes of at least 4 members (excludes halogenated alkanes) is 1. The largest absolute Gasteiger partial charge is 0.490 e. The number of hydrogen-bond acceptors (Lipinski definition) is 3. The summed E-state index contributed by atoms with van der Waals surface area (Å²) < 4.78 is 12.4. The topological polar surface area (TPSA) is 30.5 Å². The van der Waals surface area contributed by atoms with Gasteiger partial charge in [-0.25, -0.2) is 0 Å². The summed E-state index contributed by atoms with van der Waals surface area (Å²) in [6, 6.07) is 4.18. The number of hydrogen-bond donors (Lipinski definition) is 1. The van der Waals surface area contributed by atoms with Crippen LogP contribution >= 0.6 is 15.9 Å². The molecule has 0 bridgehead atoms. The molecule has 1 aliphatic heterocycles. The van der Waals surface area contributed by atoms with Crippen molar-refractivity contribution in [1.29, 1.82) is 0 Å². The number of nitrogens with one attached hydrogen (secondary N) is 1. The SMILES string of the molecule is CCCCNCc1cc(Br)c2c(c1)OCCCO2. The summed E-state index contributed by atoms with van der Waals surface area (Å²) in [4.78, 5) is 0. The summed E-state index contributed by atoms with van der Waals surface area (Å²) in [6.45, 7) is 5.58. The maximum Gasteiger partial charge on any atom is 0.175 e. The third-order valence-electron chi connectivity index (χ3n) is 2.90. The first-order valence-electron chi connectivity index (χ1n) is 6.60. The van der Waals surface area contributed by atoms with Gasteiger partial charge in [0.1, 0.15) is 0 Å². The van der Waals surface area contributed by atoms with Crippen LogP contribution in [0.5, 0.6) is 11.5 Å². The fourth-order valence-corrected chi connectivity index (χ4v) is 2.52. The molecule has 0 aliphatic carbocycles. The number of ether oxygens (including phenoxy) is 2. The van der Waals surface area contributed by atoms with Gasteiger partial charge in [-0.15, -0.1) is 0 Å². The Kier molecular flexibility index (Phi) is 5.32. The first-order chi connectivity index (χ1) is 8.81. The summed E-state index contributed by atoms with van der Waals surface area (Å²) in [5, 5.41) is 3.44. The highest BCUT2D eigenvalue weighted by Gasteiger charge is 2.14. The second kappa shape index (κ2) is 7.00. The van der Waals surface area contributed by atoms with Crippen molar-refractivity contribution in [2.24, 2.45) is 0 Å². The van der Waals surface area contributed by atoms with Crippen molar-refractivity contribution >= 4 is 15.9 Å². The molecule has 0 radical (unpaired) electrons. The molecule has 0 amide bonds. The zero-order valence-electron chi connectivity index (χ0n) is 10.8. The standard InChI is InChI=1S/C14H20BrNO2/c1-2-3-5-16-10-11-8-12(15)14-13(9-11)17-6-4-7-18-14/h8-9,16H,2-7,10H2,1H3. The molecule has 18 heavy (non-hydrogen) atoms. The second-order valence-electron chi connectivity index (χ2n) is 4.49. The highest BCUT2D eigenvalue weighted by molar-refractivity contribution is 9.10. The lowest BCUT2D eigenvalue weighted by Crippen LogP contribution is -2.14. The maximum atomic E-state index is 5.71. The molecule has 1 N–H and O–H groups in total. The lowest BCUT2D eigenvalue weighted by atomic mass is 10.2. The fraction of sp³-hybridized carbons (Fsp3) is 0.571. The van der Waals surface area contributed by atoms with Gasteiger partial charge in [-0.1, -0.05) is 13.3 Å².